The predicted molar refractivity (Wildman–Crippen MR) is 98.7 cm³/mol. The van der Waals surface area contributed by atoms with Crippen molar-refractivity contribution >= 4 is 33.2 Å². The first-order valence-electron chi connectivity index (χ1n) is 8.26. The van der Waals surface area contributed by atoms with Crippen molar-refractivity contribution in [2.24, 2.45) is 0 Å². The molecule has 11 heteroatoms. The molecule has 0 radical (unpaired) electrons. The fraction of sp³-hybridized carbons (Fsp3) is 0.353. The number of hydrogen-bond donors (Lipinski definition) is 0. The molecule has 0 unspecified atom stereocenters. The molecule has 1 amide bonds. The van der Waals surface area contributed by atoms with E-state index in [4.69, 9.17) is 0 Å². The summed E-state index contributed by atoms with van der Waals surface area (Å²) in [7, 11) is -3.22. The third-order valence-electron chi connectivity index (χ3n) is 4.13. The van der Waals surface area contributed by atoms with Gasteiger partial charge in [0.2, 0.25) is 5.91 Å². The number of anilines is 1. The first-order chi connectivity index (χ1) is 13.2. The molecule has 6 nitrogen and oxygen atoms in total. The van der Waals surface area contributed by atoms with Crippen LogP contribution in [0.2, 0.25) is 0 Å². The van der Waals surface area contributed by atoms with Gasteiger partial charge in [-0.15, -0.1) is 0 Å². The van der Waals surface area contributed by atoms with Crippen LogP contribution < -0.4 is 4.90 Å². The van der Waals surface area contributed by atoms with Crippen LogP contribution >= 0.6 is 11.8 Å². The van der Waals surface area contributed by atoms with Gasteiger partial charge < -0.3 is 4.90 Å². The predicted octanol–water partition coefficient (Wildman–Crippen LogP) is 2.81. The number of aromatic nitrogens is 2. The second-order valence-electron chi connectivity index (χ2n) is 6.17. The quantitative estimate of drug-likeness (QED) is 0.535. The average molecular weight is 431 g/mol. The highest BCUT2D eigenvalue weighted by Gasteiger charge is 2.36. The molecule has 0 bridgehead atoms. The van der Waals surface area contributed by atoms with Gasteiger partial charge in [0.15, 0.2) is 15.0 Å². The zero-order chi connectivity index (χ0) is 20.4. The van der Waals surface area contributed by atoms with Crippen molar-refractivity contribution in [3.05, 3.63) is 48.3 Å². The zero-order valence-corrected chi connectivity index (χ0v) is 16.1. The Morgan fingerprint density at radius 3 is 2.54 bits per heavy atom. The van der Waals surface area contributed by atoms with Crippen LogP contribution in [0.5, 0.6) is 0 Å². The maximum Gasteiger partial charge on any atom is 0.433 e. The van der Waals surface area contributed by atoms with E-state index in [-0.39, 0.29) is 22.4 Å². The van der Waals surface area contributed by atoms with Gasteiger partial charge in [-0.1, -0.05) is 30.0 Å². The summed E-state index contributed by atoms with van der Waals surface area (Å²) in [6.07, 6.45) is -3.30. The fourth-order valence-corrected chi connectivity index (χ4v) is 5.28. The molecule has 1 saturated heterocycles. The standard InChI is InChI=1S/C17H16F3N3O3S2/c18-17(19,20)14-6-8-21-16(22-14)27-10-15(24)23(12-4-2-1-3-5-12)13-7-9-28(25,26)11-13/h1-6,8,13H,7,9-11H2/t13-/m1/s1. The number of sulfone groups is 1. The summed E-state index contributed by atoms with van der Waals surface area (Å²) >= 11 is 0.778. The molecule has 1 aliphatic rings. The molecule has 1 atom stereocenters. The minimum Gasteiger partial charge on any atom is -0.308 e. The number of halogens is 3. The first-order valence-corrected chi connectivity index (χ1v) is 11.1. The molecule has 28 heavy (non-hydrogen) atoms. The summed E-state index contributed by atoms with van der Waals surface area (Å²) in [6.45, 7) is 0. The van der Waals surface area contributed by atoms with Crippen LogP contribution in [0, 0.1) is 0 Å². The monoisotopic (exact) mass is 431 g/mol. The minimum atomic E-state index is -4.60. The molecule has 0 spiro atoms. The minimum absolute atomic E-state index is 0.00182. The molecule has 150 valence electrons. The molecule has 1 aromatic heterocycles. The molecule has 1 aliphatic heterocycles. The van der Waals surface area contributed by atoms with E-state index in [2.05, 4.69) is 9.97 Å². The van der Waals surface area contributed by atoms with Gasteiger partial charge in [0.05, 0.1) is 23.3 Å². The highest BCUT2D eigenvalue weighted by molar-refractivity contribution is 7.99. The molecule has 0 saturated carbocycles. The third kappa shape index (κ3) is 5.02. The van der Waals surface area contributed by atoms with Crippen LogP contribution in [0.1, 0.15) is 12.1 Å². The van der Waals surface area contributed by atoms with Gasteiger partial charge in [-0.05, 0) is 24.6 Å². The van der Waals surface area contributed by atoms with Crippen LogP contribution in [-0.2, 0) is 20.8 Å². The van der Waals surface area contributed by atoms with E-state index in [0.29, 0.717) is 12.1 Å². The van der Waals surface area contributed by atoms with E-state index in [9.17, 15) is 26.4 Å². The second kappa shape index (κ2) is 8.08. The Morgan fingerprint density at radius 1 is 1.21 bits per heavy atom. The zero-order valence-electron chi connectivity index (χ0n) is 14.5. The van der Waals surface area contributed by atoms with Crippen molar-refractivity contribution in [2.45, 2.75) is 23.8 Å². The van der Waals surface area contributed by atoms with Gasteiger partial charge in [-0.25, -0.2) is 18.4 Å². The van der Waals surface area contributed by atoms with E-state index in [1.165, 1.54) is 4.90 Å². The van der Waals surface area contributed by atoms with E-state index in [1.54, 1.807) is 30.3 Å². The third-order valence-corrected chi connectivity index (χ3v) is 6.72. The molecule has 2 heterocycles. The number of thioether (sulfide) groups is 1. The topological polar surface area (TPSA) is 80.2 Å². The second-order valence-corrected chi connectivity index (χ2v) is 9.34. The first kappa shape index (κ1) is 20.6. The van der Waals surface area contributed by atoms with Crippen molar-refractivity contribution in [2.75, 3.05) is 22.2 Å². The number of alkyl halides is 3. The summed E-state index contributed by atoms with van der Waals surface area (Å²) in [4.78, 5) is 21.4. The maximum atomic E-state index is 12.8. The Labute approximate surface area is 164 Å². The van der Waals surface area contributed by atoms with Gasteiger partial charge >= 0.3 is 6.18 Å². The molecule has 1 aromatic carbocycles. The summed E-state index contributed by atoms with van der Waals surface area (Å²) in [5.41, 5.74) is -0.542. The average Bonchev–Trinajstić information content (AvgIpc) is 3.00. The van der Waals surface area contributed by atoms with Gasteiger partial charge in [-0.3, -0.25) is 4.79 Å². The summed E-state index contributed by atoms with van der Waals surface area (Å²) in [6, 6.07) is 8.84. The van der Waals surface area contributed by atoms with Crippen LogP contribution in [0.3, 0.4) is 0 Å². The normalized spacial score (nSPS) is 18.8. The Hall–Kier alpha value is -2.14. The lowest BCUT2D eigenvalue weighted by Crippen LogP contribution is -2.42. The molecule has 0 N–H and O–H groups in total. The smallest absolute Gasteiger partial charge is 0.308 e. The molecular formula is C17H16F3N3O3S2. The lowest BCUT2D eigenvalue weighted by molar-refractivity contribution is -0.141. The van der Waals surface area contributed by atoms with E-state index < -0.39 is 33.7 Å². The van der Waals surface area contributed by atoms with Gasteiger partial charge in [0, 0.05) is 11.9 Å². The number of carbonyl (C=O) groups is 1. The number of carbonyl (C=O) groups excluding carboxylic acids is 1. The highest BCUT2D eigenvalue weighted by atomic mass is 32.2. The number of nitrogens with zero attached hydrogens (tertiary/aromatic N) is 3. The van der Waals surface area contributed by atoms with Crippen LogP contribution in [0.25, 0.3) is 0 Å². The van der Waals surface area contributed by atoms with E-state index in [1.807, 2.05) is 0 Å². The molecular weight excluding hydrogens is 415 g/mol. The number of para-hydroxylation sites is 1. The van der Waals surface area contributed by atoms with Gasteiger partial charge in [-0.2, -0.15) is 13.2 Å². The van der Waals surface area contributed by atoms with Crippen molar-refractivity contribution in [1.82, 2.24) is 9.97 Å². The SMILES string of the molecule is O=C(CSc1nccc(C(F)(F)F)n1)N(c1ccccc1)[C@@H]1CCS(=O)(=O)C1. The van der Waals surface area contributed by atoms with E-state index >= 15 is 0 Å². The van der Waals surface area contributed by atoms with Crippen molar-refractivity contribution in [3.8, 4) is 0 Å². The van der Waals surface area contributed by atoms with Crippen molar-refractivity contribution < 1.29 is 26.4 Å². The molecule has 2 aromatic rings. The number of benzene rings is 1. The highest BCUT2D eigenvalue weighted by Crippen LogP contribution is 2.29. The Kier molecular flexibility index (Phi) is 5.94. The van der Waals surface area contributed by atoms with Crippen molar-refractivity contribution in [3.63, 3.8) is 0 Å². The van der Waals surface area contributed by atoms with Crippen LogP contribution in [-0.4, -0.2) is 47.6 Å². The van der Waals surface area contributed by atoms with Crippen LogP contribution in [0.15, 0.2) is 47.8 Å². The fourth-order valence-electron chi connectivity index (χ4n) is 2.89. The Morgan fingerprint density at radius 2 is 1.93 bits per heavy atom. The van der Waals surface area contributed by atoms with Gasteiger partial charge in [0.1, 0.15) is 5.69 Å². The van der Waals surface area contributed by atoms with E-state index in [0.717, 1.165) is 24.0 Å². The largest absolute Gasteiger partial charge is 0.433 e. The number of amides is 1. The lowest BCUT2D eigenvalue weighted by atomic mass is 10.2. The molecule has 3 rings (SSSR count). The summed E-state index contributed by atoms with van der Waals surface area (Å²) in [5, 5.41) is -0.171. The summed E-state index contributed by atoms with van der Waals surface area (Å²) < 4.78 is 62.0. The molecule has 0 aliphatic carbocycles. The molecule has 1 fully saturated rings. The van der Waals surface area contributed by atoms with Gasteiger partial charge in [0.25, 0.3) is 0 Å². The Balaban J connectivity index is 1.77. The number of hydrogen-bond acceptors (Lipinski definition) is 6. The van der Waals surface area contributed by atoms with Crippen molar-refractivity contribution in [1.29, 1.82) is 0 Å². The van der Waals surface area contributed by atoms with Crippen LogP contribution in [0.4, 0.5) is 18.9 Å². The Bertz CT molecular complexity index is 953. The summed E-state index contributed by atoms with van der Waals surface area (Å²) in [5.74, 6) is -0.775. The number of rotatable bonds is 5. The maximum absolute atomic E-state index is 12.8. The lowest BCUT2D eigenvalue weighted by Gasteiger charge is -2.28.